The lowest BCUT2D eigenvalue weighted by molar-refractivity contribution is 0.128. The Morgan fingerprint density at radius 1 is 0.525 bits per heavy atom. The van der Waals surface area contributed by atoms with Crippen molar-refractivity contribution >= 4 is 6.16 Å². The number of carbonyl (C=O) groups excluding carboxylic acids is 1. The molecule has 0 aliphatic carbocycles. The smallest absolute Gasteiger partial charge is 0.395 e. The summed E-state index contributed by atoms with van der Waals surface area (Å²) in [6, 6.07) is 35.6. The number of hydrogen-bond acceptors (Lipinski definition) is 5. The van der Waals surface area contributed by atoms with E-state index in [0.29, 0.717) is 24.7 Å². The van der Waals surface area contributed by atoms with Crippen LogP contribution in [0.1, 0.15) is 60.8 Å². The van der Waals surface area contributed by atoms with Crippen LogP contribution in [0, 0.1) is 0 Å². The highest BCUT2D eigenvalue weighted by Gasteiger charge is 2.17. The van der Waals surface area contributed by atoms with E-state index in [4.69, 9.17) is 18.9 Å². The zero-order chi connectivity index (χ0) is 28.0. The zero-order valence-electron chi connectivity index (χ0n) is 23.3. The van der Waals surface area contributed by atoms with Gasteiger partial charge in [0, 0.05) is 25.0 Å². The van der Waals surface area contributed by atoms with Crippen molar-refractivity contribution in [2.45, 2.75) is 38.5 Å². The van der Waals surface area contributed by atoms with E-state index in [-0.39, 0.29) is 11.8 Å². The number of benzene rings is 4. The molecule has 0 N–H and O–H groups in total. The minimum atomic E-state index is -0.780. The maximum Gasteiger partial charge on any atom is 0.519 e. The monoisotopic (exact) mass is 538 g/mol. The van der Waals surface area contributed by atoms with Crippen molar-refractivity contribution in [1.82, 2.24) is 0 Å². The third-order valence-electron chi connectivity index (χ3n) is 6.64. The zero-order valence-corrected chi connectivity index (χ0v) is 23.3. The second-order valence-corrected chi connectivity index (χ2v) is 9.67. The van der Waals surface area contributed by atoms with Crippen molar-refractivity contribution < 1.29 is 23.7 Å². The van der Waals surface area contributed by atoms with Crippen molar-refractivity contribution in [1.29, 1.82) is 0 Å². The first-order valence-corrected chi connectivity index (χ1v) is 14.0. The van der Waals surface area contributed by atoms with Gasteiger partial charge in [-0.05, 0) is 59.4 Å². The number of rotatable bonds is 14. The minimum absolute atomic E-state index is 0.0966. The summed E-state index contributed by atoms with van der Waals surface area (Å²) in [5, 5.41) is 0. The highest BCUT2D eigenvalue weighted by atomic mass is 16.7. The summed E-state index contributed by atoms with van der Waals surface area (Å²) in [5.41, 5.74) is 4.55. The predicted octanol–water partition coefficient (Wildman–Crippen LogP) is 8.38. The summed E-state index contributed by atoms with van der Waals surface area (Å²) in [7, 11) is 0. The fourth-order valence-corrected chi connectivity index (χ4v) is 4.58. The Hall–Kier alpha value is -3.93. The average Bonchev–Trinajstić information content (AvgIpc) is 3.00. The molecule has 0 heterocycles. The molecule has 4 aromatic rings. The molecule has 5 heteroatoms. The topological polar surface area (TPSA) is 54.0 Å². The van der Waals surface area contributed by atoms with Crippen LogP contribution in [0.25, 0.3) is 0 Å². The normalized spacial score (nSPS) is 12.4. The molecular formula is C35H38O5. The lowest BCUT2D eigenvalue weighted by Crippen LogP contribution is -2.14. The Kier molecular flexibility index (Phi) is 11.3. The van der Waals surface area contributed by atoms with Crippen LogP contribution in [0.5, 0.6) is 11.5 Å². The second kappa shape index (κ2) is 15.6. The van der Waals surface area contributed by atoms with Gasteiger partial charge in [0.15, 0.2) is 0 Å². The van der Waals surface area contributed by atoms with E-state index in [1.54, 1.807) is 24.3 Å². The standard InChI is InChI=1S/C35H38O5/c1-3-23-37-25-33(27-11-7-5-8-12-27)29-15-19-31(20-16-29)39-35(36)40-32-21-17-30(18-22-32)34(26-38-24-4-2)28-13-9-6-10-14-28/h5-22,33-34H,3-4,23-26H2,1-2H3. The van der Waals surface area contributed by atoms with E-state index in [1.165, 1.54) is 11.1 Å². The first-order chi connectivity index (χ1) is 19.7. The lowest BCUT2D eigenvalue weighted by Gasteiger charge is -2.19. The van der Waals surface area contributed by atoms with Crippen molar-refractivity contribution in [3.63, 3.8) is 0 Å². The van der Waals surface area contributed by atoms with Gasteiger partial charge in [0.25, 0.3) is 0 Å². The molecule has 2 unspecified atom stereocenters. The van der Waals surface area contributed by atoms with Gasteiger partial charge < -0.3 is 18.9 Å². The molecule has 5 nitrogen and oxygen atoms in total. The molecule has 0 bridgehead atoms. The highest BCUT2D eigenvalue weighted by molar-refractivity contribution is 5.67. The average molecular weight is 539 g/mol. The van der Waals surface area contributed by atoms with E-state index in [1.807, 2.05) is 60.7 Å². The highest BCUT2D eigenvalue weighted by Crippen LogP contribution is 2.29. The van der Waals surface area contributed by atoms with Crippen LogP contribution in [-0.4, -0.2) is 32.6 Å². The van der Waals surface area contributed by atoms with E-state index < -0.39 is 6.16 Å². The molecule has 0 saturated heterocycles. The number of ether oxygens (including phenoxy) is 4. The molecule has 0 amide bonds. The Morgan fingerprint density at radius 3 is 1.23 bits per heavy atom. The lowest BCUT2D eigenvalue weighted by atomic mass is 9.92. The Bertz CT molecular complexity index is 1170. The first-order valence-electron chi connectivity index (χ1n) is 14.0. The van der Waals surface area contributed by atoms with Crippen LogP contribution in [-0.2, 0) is 9.47 Å². The van der Waals surface area contributed by atoms with E-state index in [9.17, 15) is 4.79 Å². The SMILES string of the molecule is CCCOCC(c1ccccc1)c1ccc(OC(=O)Oc2ccc(C(COCCC)c3ccccc3)cc2)cc1. The van der Waals surface area contributed by atoms with Gasteiger partial charge in [-0.3, -0.25) is 0 Å². The largest absolute Gasteiger partial charge is 0.519 e. The molecule has 2 atom stereocenters. The quantitative estimate of drug-likeness (QED) is 0.0917. The summed E-state index contributed by atoms with van der Waals surface area (Å²) in [5.74, 6) is 1.03. The number of carbonyl (C=O) groups is 1. The van der Waals surface area contributed by atoms with Gasteiger partial charge >= 0.3 is 6.16 Å². The summed E-state index contributed by atoms with van der Waals surface area (Å²) in [6.45, 7) is 6.82. The molecule has 4 aromatic carbocycles. The molecule has 0 aliphatic rings. The molecule has 0 aromatic heterocycles. The van der Waals surface area contributed by atoms with Gasteiger partial charge in [-0.15, -0.1) is 0 Å². The molecule has 208 valence electrons. The fourth-order valence-electron chi connectivity index (χ4n) is 4.58. The van der Waals surface area contributed by atoms with E-state index in [2.05, 4.69) is 38.1 Å². The van der Waals surface area contributed by atoms with E-state index in [0.717, 1.165) is 37.2 Å². The second-order valence-electron chi connectivity index (χ2n) is 9.67. The Balaban J connectivity index is 1.37. The van der Waals surface area contributed by atoms with Crippen LogP contribution >= 0.6 is 0 Å². The summed E-state index contributed by atoms with van der Waals surface area (Å²) in [4.78, 5) is 12.5. The van der Waals surface area contributed by atoms with Gasteiger partial charge in [-0.25, -0.2) is 4.79 Å². The fraction of sp³-hybridized carbons (Fsp3) is 0.286. The van der Waals surface area contributed by atoms with Gasteiger partial charge in [-0.1, -0.05) is 98.8 Å². The summed E-state index contributed by atoms with van der Waals surface area (Å²) < 4.78 is 22.7. The predicted molar refractivity (Wildman–Crippen MR) is 158 cm³/mol. The van der Waals surface area contributed by atoms with Gasteiger partial charge in [-0.2, -0.15) is 0 Å². The minimum Gasteiger partial charge on any atom is -0.395 e. The van der Waals surface area contributed by atoms with Gasteiger partial charge in [0.2, 0.25) is 0 Å². The van der Waals surface area contributed by atoms with E-state index >= 15 is 0 Å². The molecule has 40 heavy (non-hydrogen) atoms. The maximum absolute atomic E-state index is 12.5. The Morgan fingerprint density at radius 2 is 0.875 bits per heavy atom. The van der Waals surface area contributed by atoms with Crippen molar-refractivity contribution in [3.05, 3.63) is 131 Å². The van der Waals surface area contributed by atoms with Crippen LogP contribution in [0.3, 0.4) is 0 Å². The molecule has 0 spiro atoms. The molecule has 0 fully saturated rings. The molecule has 0 aliphatic heterocycles. The maximum atomic E-state index is 12.5. The summed E-state index contributed by atoms with van der Waals surface area (Å²) in [6.07, 6.45) is 1.16. The molecule has 4 rings (SSSR count). The number of hydrogen-bond donors (Lipinski definition) is 0. The van der Waals surface area contributed by atoms with Crippen LogP contribution in [0.2, 0.25) is 0 Å². The third-order valence-corrected chi connectivity index (χ3v) is 6.64. The van der Waals surface area contributed by atoms with Gasteiger partial charge in [0.1, 0.15) is 11.5 Å². The van der Waals surface area contributed by atoms with Crippen molar-refractivity contribution in [2.24, 2.45) is 0 Å². The molecular weight excluding hydrogens is 500 g/mol. The molecule has 0 radical (unpaired) electrons. The first kappa shape index (κ1) is 29.1. The van der Waals surface area contributed by atoms with Crippen molar-refractivity contribution in [2.75, 3.05) is 26.4 Å². The van der Waals surface area contributed by atoms with Crippen LogP contribution in [0.15, 0.2) is 109 Å². The van der Waals surface area contributed by atoms with Crippen LogP contribution < -0.4 is 9.47 Å². The molecule has 0 saturated carbocycles. The Labute approximate surface area is 237 Å². The van der Waals surface area contributed by atoms with Crippen molar-refractivity contribution in [3.8, 4) is 11.5 Å². The van der Waals surface area contributed by atoms with Crippen LogP contribution in [0.4, 0.5) is 4.79 Å². The third kappa shape index (κ3) is 8.54. The van der Waals surface area contributed by atoms with Gasteiger partial charge in [0.05, 0.1) is 13.2 Å². The summed E-state index contributed by atoms with van der Waals surface area (Å²) >= 11 is 0.